The number of rotatable bonds is 10. The van der Waals surface area contributed by atoms with Gasteiger partial charge in [-0.15, -0.1) is 0 Å². The second-order valence-corrected chi connectivity index (χ2v) is 11.6. The van der Waals surface area contributed by atoms with Crippen molar-refractivity contribution in [3.8, 4) is 5.75 Å². The summed E-state index contributed by atoms with van der Waals surface area (Å²) >= 11 is 6.35. The molecule has 0 aliphatic heterocycles. The molecule has 3 aromatic rings. The summed E-state index contributed by atoms with van der Waals surface area (Å²) in [7, 11) is 7.14. The lowest BCUT2D eigenvalue weighted by molar-refractivity contribution is -0.0539. The largest absolute Gasteiger partial charge is 0.494 e. The van der Waals surface area contributed by atoms with Crippen molar-refractivity contribution in [1.29, 1.82) is 0 Å². The third kappa shape index (κ3) is 6.33. The van der Waals surface area contributed by atoms with E-state index in [1.807, 2.05) is 18.2 Å². The van der Waals surface area contributed by atoms with Crippen molar-refractivity contribution < 1.29 is 18.7 Å². The normalized spacial score (nSPS) is 19.0. The van der Waals surface area contributed by atoms with Gasteiger partial charge in [0.1, 0.15) is 28.5 Å². The molecule has 0 saturated carbocycles. The number of amides is 1. The summed E-state index contributed by atoms with van der Waals surface area (Å²) in [6, 6.07) is 8.67. The minimum atomic E-state index is -0.666. The van der Waals surface area contributed by atoms with Gasteiger partial charge >= 0.3 is 6.09 Å². The fourth-order valence-electron chi connectivity index (χ4n) is 5.93. The third-order valence-corrected chi connectivity index (χ3v) is 8.16. The van der Waals surface area contributed by atoms with E-state index >= 15 is 0 Å². The topological polar surface area (TPSA) is 70.7 Å². The van der Waals surface area contributed by atoms with Crippen LogP contribution in [0.2, 0.25) is 5.02 Å². The summed E-state index contributed by atoms with van der Waals surface area (Å²) < 4.78 is 25.8. The van der Waals surface area contributed by atoms with Crippen molar-refractivity contribution in [2.45, 2.75) is 57.5 Å². The quantitative estimate of drug-likeness (QED) is 0.310. The van der Waals surface area contributed by atoms with Gasteiger partial charge in [0, 0.05) is 39.4 Å². The maximum Gasteiger partial charge on any atom is 0.409 e. The maximum atomic E-state index is 14.0. The first-order chi connectivity index (χ1) is 18.5. The van der Waals surface area contributed by atoms with E-state index in [0.29, 0.717) is 30.0 Å². The number of carbonyl (C=O) groups excluding carboxylic acids is 1. The van der Waals surface area contributed by atoms with Gasteiger partial charge in [-0.2, -0.15) is 0 Å². The number of hydrogen-bond acceptors (Lipinski definition) is 5. The van der Waals surface area contributed by atoms with Crippen LogP contribution in [0, 0.1) is 11.7 Å². The molecule has 2 aromatic carbocycles. The molecule has 212 valence electrons. The van der Waals surface area contributed by atoms with E-state index in [2.05, 4.69) is 30.8 Å². The molecule has 1 aliphatic carbocycles. The number of halogens is 2. The Bertz CT molecular complexity index is 1310. The number of aromatic nitrogens is 2. The minimum Gasteiger partial charge on any atom is -0.494 e. The number of ether oxygens (including phenoxy) is 2. The lowest BCUT2D eigenvalue weighted by Crippen LogP contribution is -2.50. The molecule has 1 unspecified atom stereocenters. The molecule has 2 atom stereocenters. The Morgan fingerprint density at radius 2 is 2.00 bits per heavy atom. The average Bonchev–Trinajstić information content (AvgIpc) is 3.32. The van der Waals surface area contributed by atoms with Gasteiger partial charge in [0.2, 0.25) is 0 Å². The SMILES string of the molecule is COc1ccc(Cl)c2[nH]c(CCCN(C)CC[C@@]3(OC(=O)N(C)C)CCc4cc(F)ccc4C3C(C)C)nc12. The van der Waals surface area contributed by atoms with Crippen LogP contribution in [0.25, 0.3) is 11.0 Å². The number of benzene rings is 2. The smallest absolute Gasteiger partial charge is 0.409 e. The van der Waals surface area contributed by atoms with E-state index in [4.69, 9.17) is 26.1 Å². The van der Waals surface area contributed by atoms with Crippen molar-refractivity contribution in [1.82, 2.24) is 19.8 Å². The summed E-state index contributed by atoms with van der Waals surface area (Å²) in [6.07, 6.45) is 3.37. The molecule has 9 heteroatoms. The number of nitrogens with zero attached hydrogens (tertiary/aromatic N) is 3. The molecule has 39 heavy (non-hydrogen) atoms. The number of fused-ring (bicyclic) bond motifs is 2. The highest BCUT2D eigenvalue weighted by Gasteiger charge is 2.48. The summed E-state index contributed by atoms with van der Waals surface area (Å²) in [4.78, 5) is 24.7. The highest BCUT2D eigenvalue weighted by molar-refractivity contribution is 6.35. The Balaban J connectivity index is 1.45. The first kappa shape index (κ1) is 29.2. The average molecular weight is 559 g/mol. The van der Waals surface area contributed by atoms with Crippen molar-refractivity contribution in [2.24, 2.45) is 5.92 Å². The zero-order valence-corrected chi connectivity index (χ0v) is 24.6. The summed E-state index contributed by atoms with van der Waals surface area (Å²) in [5, 5.41) is 0.621. The standard InChI is InChI=1S/C30H40ClFN4O3/c1-19(2)26-22-10-9-21(32)18-20(22)13-14-30(26,39-29(37)35(3)4)15-17-36(5)16-7-8-25-33-27-23(31)11-12-24(38-6)28(27)34-25/h9-12,18-19,26H,7-8,13-17H2,1-6H3,(H,33,34)/t26?,30-/m0/s1. The van der Waals surface area contributed by atoms with Gasteiger partial charge in [-0.1, -0.05) is 31.5 Å². The van der Waals surface area contributed by atoms with Gasteiger partial charge in [-0.3, -0.25) is 0 Å². The summed E-state index contributed by atoms with van der Waals surface area (Å²) in [5.41, 5.74) is 2.98. The number of imidazole rings is 1. The zero-order valence-electron chi connectivity index (χ0n) is 23.8. The molecule has 1 aliphatic rings. The van der Waals surface area contributed by atoms with E-state index in [1.54, 1.807) is 27.3 Å². The molecule has 4 rings (SSSR count). The Labute approximate surface area is 235 Å². The van der Waals surface area contributed by atoms with Crippen molar-refractivity contribution in [3.05, 3.63) is 58.1 Å². The number of carbonyl (C=O) groups is 1. The second-order valence-electron chi connectivity index (χ2n) is 11.2. The molecule has 0 spiro atoms. The Hall–Kier alpha value is -2.84. The Morgan fingerprint density at radius 1 is 1.23 bits per heavy atom. The van der Waals surface area contributed by atoms with Gasteiger partial charge in [0.25, 0.3) is 0 Å². The molecule has 1 aromatic heterocycles. The zero-order chi connectivity index (χ0) is 28.3. The summed E-state index contributed by atoms with van der Waals surface area (Å²) in [6.45, 7) is 5.92. The maximum absolute atomic E-state index is 14.0. The molecule has 0 fully saturated rings. The van der Waals surface area contributed by atoms with E-state index in [0.717, 1.165) is 53.9 Å². The number of aromatic amines is 1. The van der Waals surface area contributed by atoms with Crippen LogP contribution in [-0.2, 0) is 17.6 Å². The Kier molecular flexibility index (Phi) is 9.07. The highest BCUT2D eigenvalue weighted by Crippen LogP contribution is 2.48. The molecule has 0 radical (unpaired) electrons. The number of H-pyrrole nitrogens is 1. The van der Waals surface area contributed by atoms with Crippen LogP contribution in [0.15, 0.2) is 30.3 Å². The van der Waals surface area contributed by atoms with Crippen LogP contribution >= 0.6 is 11.6 Å². The predicted molar refractivity (Wildman–Crippen MR) is 153 cm³/mol. The van der Waals surface area contributed by atoms with Crippen molar-refractivity contribution >= 4 is 28.7 Å². The first-order valence-corrected chi connectivity index (χ1v) is 14.0. The van der Waals surface area contributed by atoms with Crippen LogP contribution in [0.1, 0.15) is 56.0 Å². The van der Waals surface area contributed by atoms with Crippen molar-refractivity contribution in [3.63, 3.8) is 0 Å². The highest BCUT2D eigenvalue weighted by atomic mass is 35.5. The number of methoxy groups -OCH3 is 1. The van der Waals surface area contributed by atoms with Gasteiger partial charge in [0.05, 0.1) is 17.6 Å². The first-order valence-electron chi connectivity index (χ1n) is 13.6. The van der Waals surface area contributed by atoms with Gasteiger partial charge in [0.15, 0.2) is 0 Å². The van der Waals surface area contributed by atoms with E-state index < -0.39 is 5.60 Å². The second kappa shape index (κ2) is 12.1. The fourth-order valence-corrected chi connectivity index (χ4v) is 6.13. The number of aryl methyl sites for hydroxylation is 2. The van der Waals surface area contributed by atoms with Crippen LogP contribution in [0.3, 0.4) is 0 Å². The number of nitrogens with one attached hydrogen (secondary N) is 1. The van der Waals surface area contributed by atoms with Crippen molar-refractivity contribution in [2.75, 3.05) is 41.3 Å². The lowest BCUT2D eigenvalue weighted by Gasteiger charge is -2.47. The molecular formula is C30H40ClFN4O3. The van der Waals surface area contributed by atoms with E-state index in [-0.39, 0.29) is 23.7 Å². The number of hydrogen-bond donors (Lipinski definition) is 1. The lowest BCUT2D eigenvalue weighted by atomic mass is 9.65. The molecular weight excluding hydrogens is 519 g/mol. The molecule has 0 bridgehead atoms. The van der Waals surface area contributed by atoms with E-state index in [1.165, 1.54) is 11.0 Å². The van der Waals surface area contributed by atoms with Crippen LogP contribution in [0.5, 0.6) is 5.75 Å². The molecule has 7 nitrogen and oxygen atoms in total. The fraction of sp³-hybridized carbons (Fsp3) is 0.533. The van der Waals surface area contributed by atoms with Gasteiger partial charge in [-0.25, -0.2) is 14.2 Å². The Morgan fingerprint density at radius 3 is 2.69 bits per heavy atom. The third-order valence-electron chi connectivity index (χ3n) is 7.84. The van der Waals surface area contributed by atoms with Crippen LogP contribution in [-0.4, -0.2) is 72.8 Å². The molecule has 0 saturated heterocycles. The molecule has 1 amide bonds. The van der Waals surface area contributed by atoms with Gasteiger partial charge in [-0.05, 0) is 74.2 Å². The molecule has 1 heterocycles. The monoisotopic (exact) mass is 558 g/mol. The summed E-state index contributed by atoms with van der Waals surface area (Å²) in [5.74, 6) is 1.54. The predicted octanol–water partition coefficient (Wildman–Crippen LogP) is 6.44. The minimum absolute atomic E-state index is 0.0190. The molecule has 1 N–H and O–H groups in total. The van der Waals surface area contributed by atoms with Crippen LogP contribution in [0.4, 0.5) is 9.18 Å². The van der Waals surface area contributed by atoms with Crippen LogP contribution < -0.4 is 4.74 Å². The van der Waals surface area contributed by atoms with E-state index in [9.17, 15) is 9.18 Å². The van der Waals surface area contributed by atoms with Gasteiger partial charge < -0.3 is 24.3 Å².